The topological polar surface area (TPSA) is 64.2 Å². The molecule has 0 aromatic carbocycles. The molecule has 7 heteroatoms. The van der Waals surface area contributed by atoms with Crippen LogP contribution in [0.15, 0.2) is 36.7 Å². The summed E-state index contributed by atoms with van der Waals surface area (Å²) in [4.78, 5) is 16.4. The smallest absolute Gasteiger partial charge is 0.274 e. The van der Waals surface area contributed by atoms with Gasteiger partial charge in [0.05, 0.1) is 0 Å². The zero-order valence-electron chi connectivity index (χ0n) is 13.0. The van der Waals surface area contributed by atoms with E-state index in [9.17, 15) is 9.18 Å². The van der Waals surface area contributed by atoms with E-state index < -0.39 is 11.9 Å². The van der Waals surface area contributed by atoms with Crippen molar-refractivity contribution in [3.05, 3.63) is 54.0 Å². The van der Waals surface area contributed by atoms with Crippen LogP contribution in [0.3, 0.4) is 0 Å². The van der Waals surface area contributed by atoms with Crippen molar-refractivity contribution in [3.8, 4) is 0 Å². The van der Waals surface area contributed by atoms with Crippen molar-refractivity contribution in [2.75, 3.05) is 0 Å². The maximum atomic E-state index is 14.4. The van der Waals surface area contributed by atoms with Crippen LogP contribution in [0.5, 0.6) is 0 Å². The molecule has 0 aliphatic heterocycles. The second kappa shape index (κ2) is 6.20. The maximum absolute atomic E-state index is 14.4. The number of nitrogens with one attached hydrogen (secondary N) is 1. The Labute approximate surface area is 133 Å². The summed E-state index contributed by atoms with van der Waals surface area (Å²) in [6, 6.07) is 6.96. The summed E-state index contributed by atoms with van der Waals surface area (Å²) in [5, 5.41) is 6.89. The molecule has 1 atom stereocenters. The first-order chi connectivity index (χ1) is 11.1. The number of fused-ring (bicyclic) bond motifs is 1. The van der Waals surface area contributed by atoms with E-state index in [-0.39, 0.29) is 11.7 Å². The number of hydrogen-bond acceptors (Lipinski definition) is 3. The van der Waals surface area contributed by atoms with Crippen molar-refractivity contribution in [1.29, 1.82) is 0 Å². The van der Waals surface area contributed by atoms with Crippen molar-refractivity contribution in [3.63, 3.8) is 0 Å². The van der Waals surface area contributed by atoms with E-state index in [1.165, 1.54) is 4.40 Å². The normalized spacial score (nSPS) is 12.5. The lowest BCUT2D eigenvalue weighted by Crippen LogP contribution is -2.34. The maximum Gasteiger partial charge on any atom is 0.274 e. The second-order valence-corrected chi connectivity index (χ2v) is 5.54. The molecule has 3 aromatic heterocycles. The molecule has 0 fully saturated rings. The van der Waals surface area contributed by atoms with Gasteiger partial charge in [-0.1, -0.05) is 6.07 Å². The summed E-state index contributed by atoms with van der Waals surface area (Å²) in [5.41, 5.74) is 0.945. The molecule has 23 heavy (non-hydrogen) atoms. The van der Waals surface area contributed by atoms with Gasteiger partial charge in [-0.3, -0.25) is 13.9 Å². The Balaban J connectivity index is 1.70. The molecule has 1 unspecified atom stereocenters. The van der Waals surface area contributed by atoms with Crippen LogP contribution in [0.2, 0.25) is 0 Å². The lowest BCUT2D eigenvalue weighted by atomic mass is 10.2. The van der Waals surface area contributed by atoms with E-state index in [2.05, 4.69) is 15.4 Å². The van der Waals surface area contributed by atoms with Gasteiger partial charge in [-0.2, -0.15) is 9.49 Å². The highest BCUT2D eigenvalue weighted by Gasteiger charge is 2.21. The van der Waals surface area contributed by atoms with E-state index in [4.69, 9.17) is 0 Å². The Kier molecular flexibility index (Phi) is 4.10. The molecular weight excluding hydrogens is 297 g/mol. The monoisotopic (exact) mass is 315 g/mol. The highest BCUT2D eigenvalue weighted by atomic mass is 19.1. The number of carbonyl (C=O) groups is 1. The van der Waals surface area contributed by atoms with Gasteiger partial charge in [0.25, 0.3) is 5.91 Å². The molecule has 3 aromatic rings. The lowest BCUT2D eigenvalue weighted by Gasteiger charge is -2.12. The average molecular weight is 315 g/mol. The molecule has 0 saturated heterocycles. The van der Waals surface area contributed by atoms with Gasteiger partial charge in [0.15, 0.2) is 5.69 Å². The summed E-state index contributed by atoms with van der Waals surface area (Å²) in [6.45, 7) is 4.33. The quantitative estimate of drug-likeness (QED) is 0.785. The van der Waals surface area contributed by atoms with E-state index in [0.717, 1.165) is 0 Å². The molecule has 120 valence electrons. The number of aryl methyl sites for hydroxylation is 2. The summed E-state index contributed by atoms with van der Waals surface area (Å²) in [6.07, 6.45) is 4.26. The van der Waals surface area contributed by atoms with E-state index in [1.807, 2.05) is 19.2 Å². The van der Waals surface area contributed by atoms with Crippen molar-refractivity contribution < 1.29 is 9.18 Å². The van der Waals surface area contributed by atoms with Gasteiger partial charge in [0.1, 0.15) is 5.65 Å². The number of carbonyl (C=O) groups excluding carboxylic acids is 1. The summed E-state index contributed by atoms with van der Waals surface area (Å²) in [5.74, 6) is -1.13. The number of hydrogen-bond donors (Lipinski definition) is 1. The Morgan fingerprint density at radius 1 is 1.39 bits per heavy atom. The largest absolute Gasteiger partial charge is 0.348 e. The highest BCUT2D eigenvalue weighted by Crippen LogP contribution is 2.14. The van der Waals surface area contributed by atoms with E-state index in [0.29, 0.717) is 24.3 Å². The van der Waals surface area contributed by atoms with Gasteiger partial charge in [0.2, 0.25) is 5.95 Å². The van der Waals surface area contributed by atoms with Gasteiger partial charge in [-0.25, -0.2) is 4.98 Å². The molecule has 0 spiro atoms. The third-order valence-corrected chi connectivity index (χ3v) is 3.73. The minimum absolute atomic E-state index is 0.114. The fourth-order valence-electron chi connectivity index (χ4n) is 2.48. The van der Waals surface area contributed by atoms with Crippen LogP contribution in [0.4, 0.5) is 4.39 Å². The molecule has 6 nitrogen and oxygen atoms in total. The minimum atomic E-state index is -0.630. The number of aromatic nitrogens is 4. The number of pyridine rings is 1. The van der Waals surface area contributed by atoms with Gasteiger partial charge >= 0.3 is 0 Å². The molecule has 0 radical (unpaired) electrons. The molecule has 1 amide bonds. The molecular formula is C16H18FN5O. The predicted octanol–water partition coefficient (Wildman–Crippen LogP) is 2.19. The van der Waals surface area contributed by atoms with Gasteiger partial charge < -0.3 is 5.32 Å². The first-order valence-corrected chi connectivity index (χ1v) is 7.48. The number of amides is 1. The highest BCUT2D eigenvalue weighted by molar-refractivity contribution is 5.93. The van der Waals surface area contributed by atoms with Crippen LogP contribution in [-0.4, -0.2) is 31.1 Å². The molecule has 0 aliphatic rings. The zero-order chi connectivity index (χ0) is 16.4. The van der Waals surface area contributed by atoms with Crippen LogP contribution in [-0.2, 0) is 6.54 Å². The van der Waals surface area contributed by atoms with Gasteiger partial charge in [0, 0.05) is 30.7 Å². The van der Waals surface area contributed by atoms with Crippen molar-refractivity contribution >= 4 is 11.6 Å². The zero-order valence-corrected chi connectivity index (χ0v) is 13.0. The van der Waals surface area contributed by atoms with Crippen LogP contribution >= 0.6 is 0 Å². The fraction of sp³-hybridized carbons (Fsp3) is 0.312. The molecule has 0 bridgehead atoms. The van der Waals surface area contributed by atoms with Gasteiger partial charge in [-0.15, -0.1) is 0 Å². The molecule has 1 N–H and O–H groups in total. The number of halogens is 1. The number of imidazole rings is 1. The Morgan fingerprint density at radius 2 is 2.22 bits per heavy atom. The summed E-state index contributed by atoms with van der Waals surface area (Å²) in [7, 11) is 0. The Bertz CT molecular complexity index is 824. The minimum Gasteiger partial charge on any atom is -0.348 e. The molecule has 0 saturated carbocycles. The third-order valence-electron chi connectivity index (χ3n) is 3.73. The Hall–Kier alpha value is -2.70. The molecule has 0 aliphatic carbocycles. The standard InChI is InChI=1S/C16H18FN5O/c1-11(7-10-21-9-4-8-18-21)19-16(23)14-15(17)22-12(2)5-3-6-13(22)20-14/h3-6,8-9,11H,7,10H2,1-2H3,(H,19,23). The molecule has 3 rings (SSSR count). The van der Waals surface area contributed by atoms with Crippen molar-refractivity contribution in [2.24, 2.45) is 0 Å². The first kappa shape index (κ1) is 15.2. The number of nitrogens with zero attached hydrogens (tertiary/aromatic N) is 4. The fourth-order valence-corrected chi connectivity index (χ4v) is 2.48. The van der Waals surface area contributed by atoms with Crippen LogP contribution < -0.4 is 5.32 Å². The van der Waals surface area contributed by atoms with E-state index >= 15 is 0 Å². The SMILES string of the molecule is Cc1cccc2nc(C(=O)NC(C)CCn3cccn3)c(F)n12. The number of rotatable bonds is 5. The second-order valence-electron chi connectivity index (χ2n) is 5.54. The van der Waals surface area contributed by atoms with Crippen molar-refractivity contribution in [1.82, 2.24) is 24.5 Å². The van der Waals surface area contributed by atoms with Gasteiger partial charge in [-0.05, 0) is 38.5 Å². The van der Waals surface area contributed by atoms with Crippen LogP contribution in [0.1, 0.15) is 29.5 Å². The lowest BCUT2D eigenvalue weighted by molar-refractivity contribution is 0.0928. The Morgan fingerprint density at radius 3 is 2.91 bits per heavy atom. The van der Waals surface area contributed by atoms with Crippen LogP contribution in [0.25, 0.3) is 5.65 Å². The summed E-state index contributed by atoms with van der Waals surface area (Å²) < 4.78 is 17.6. The first-order valence-electron chi connectivity index (χ1n) is 7.48. The molecule has 3 heterocycles. The average Bonchev–Trinajstić information content (AvgIpc) is 3.14. The van der Waals surface area contributed by atoms with Crippen LogP contribution in [0, 0.1) is 12.9 Å². The van der Waals surface area contributed by atoms with Crippen molar-refractivity contribution in [2.45, 2.75) is 32.9 Å². The third kappa shape index (κ3) is 3.08. The predicted molar refractivity (Wildman–Crippen MR) is 83.7 cm³/mol. The van der Waals surface area contributed by atoms with E-state index in [1.54, 1.807) is 36.0 Å². The summed E-state index contributed by atoms with van der Waals surface area (Å²) >= 11 is 0.